The van der Waals surface area contributed by atoms with Crippen molar-refractivity contribution in [1.82, 2.24) is 14.7 Å². The number of hydrogen-bond acceptors (Lipinski definition) is 5. The largest absolute Gasteiger partial charge is 0.497 e. The molecule has 160 valence electrons. The first-order chi connectivity index (χ1) is 15.1. The van der Waals surface area contributed by atoms with Crippen molar-refractivity contribution in [3.8, 4) is 11.5 Å². The smallest absolute Gasteiger partial charge is 0.221 e. The zero-order valence-corrected chi connectivity index (χ0v) is 17.8. The second-order valence-corrected chi connectivity index (χ2v) is 7.37. The van der Waals surface area contributed by atoms with Crippen LogP contribution in [0.4, 0.5) is 0 Å². The van der Waals surface area contributed by atoms with Crippen molar-refractivity contribution in [1.29, 1.82) is 0 Å². The monoisotopic (exact) mass is 419 g/mol. The third-order valence-corrected chi connectivity index (χ3v) is 5.26. The molecule has 0 aliphatic rings. The molecule has 7 heteroatoms. The maximum absolute atomic E-state index is 12.9. The van der Waals surface area contributed by atoms with Crippen molar-refractivity contribution >= 4 is 11.6 Å². The molecule has 3 aromatic heterocycles. The first-order valence-corrected chi connectivity index (χ1v) is 10.0. The summed E-state index contributed by atoms with van der Waals surface area (Å²) < 4.78 is 18.2. The number of hydrogen-bond donors (Lipinski definition) is 1. The number of benzene rings is 1. The summed E-state index contributed by atoms with van der Waals surface area (Å²) in [4.78, 5) is 17.4. The van der Waals surface area contributed by atoms with Crippen LogP contribution in [0, 0.1) is 6.92 Å². The maximum Gasteiger partial charge on any atom is 0.221 e. The second kappa shape index (κ2) is 8.95. The summed E-state index contributed by atoms with van der Waals surface area (Å²) in [5, 5.41) is 2.94. The SMILES string of the molecule is COc1cc(OC)cc([C@@H](CC(=O)NCc2ccco2)c2cnc3cc(C)ccn23)c1. The van der Waals surface area contributed by atoms with Gasteiger partial charge in [-0.15, -0.1) is 0 Å². The zero-order chi connectivity index (χ0) is 21.8. The van der Waals surface area contributed by atoms with Crippen LogP contribution in [0.3, 0.4) is 0 Å². The Balaban J connectivity index is 1.70. The fourth-order valence-electron chi connectivity index (χ4n) is 3.64. The van der Waals surface area contributed by atoms with Crippen molar-refractivity contribution in [3.05, 3.63) is 83.7 Å². The van der Waals surface area contributed by atoms with Gasteiger partial charge in [-0.1, -0.05) is 0 Å². The minimum absolute atomic E-state index is 0.0924. The molecule has 1 aromatic carbocycles. The molecule has 0 unspecified atom stereocenters. The highest BCUT2D eigenvalue weighted by molar-refractivity contribution is 5.77. The van der Waals surface area contributed by atoms with Gasteiger partial charge in [0.25, 0.3) is 0 Å². The van der Waals surface area contributed by atoms with Crippen LogP contribution in [0.5, 0.6) is 11.5 Å². The quantitative estimate of drug-likeness (QED) is 0.465. The summed E-state index contributed by atoms with van der Waals surface area (Å²) in [6, 6.07) is 13.4. The summed E-state index contributed by atoms with van der Waals surface area (Å²) in [6.07, 6.45) is 5.63. The number of carbonyl (C=O) groups is 1. The van der Waals surface area contributed by atoms with Gasteiger partial charge in [-0.3, -0.25) is 4.79 Å². The number of nitrogens with one attached hydrogen (secondary N) is 1. The molecule has 3 heterocycles. The molecule has 0 spiro atoms. The predicted octanol–water partition coefficient (Wildman–Crippen LogP) is 4.09. The van der Waals surface area contributed by atoms with Crippen molar-refractivity contribution in [2.45, 2.75) is 25.8 Å². The number of imidazole rings is 1. The normalized spacial score (nSPS) is 12.0. The van der Waals surface area contributed by atoms with E-state index in [1.165, 1.54) is 0 Å². The highest BCUT2D eigenvalue weighted by Gasteiger charge is 2.23. The van der Waals surface area contributed by atoms with E-state index in [0.29, 0.717) is 23.8 Å². The van der Waals surface area contributed by atoms with Crippen LogP contribution in [-0.4, -0.2) is 29.5 Å². The van der Waals surface area contributed by atoms with E-state index in [4.69, 9.17) is 13.9 Å². The molecular weight excluding hydrogens is 394 g/mol. The summed E-state index contributed by atoms with van der Waals surface area (Å²) in [6.45, 7) is 2.37. The lowest BCUT2D eigenvalue weighted by molar-refractivity contribution is -0.121. The van der Waals surface area contributed by atoms with Gasteiger partial charge in [0.15, 0.2) is 0 Å². The Hall–Kier alpha value is -3.74. The number of nitrogens with zero attached hydrogens (tertiary/aromatic N) is 2. The molecule has 0 aliphatic carbocycles. The van der Waals surface area contributed by atoms with E-state index in [9.17, 15) is 4.79 Å². The number of carbonyl (C=O) groups excluding carboxylic acids is 1. The summed E-state index contributed by atoms with van der Waals surface area (Å²) in [5.41, 5.74) is 3.79. The number of pyridine rings is 1. The Kier molecular flexibility index (Phi) is 5.93. The second-order valence-electron chi connectivity index (χ2n) is 7.37. The van der Waals surface area contributed by atoms with Crippen LogP contribution < -0.4 is 14.8 Å². The minimum atomic E-state index is -0.252. The van der Waals surface area contributed by atoms with Gasteiger partial charge in [0, 0.05) is 30.8 Å². The lowest BCUT2D eigenvalue weighted by Crippen LogP contribution is -2.25. The third-order valence-electron chi connectivity index (χ3n) is 5.26. The summed E-state index contributed by atoms with van der Waals surface area (Å²) >= 11 is 0. The molecule has 31 heavy (non-hydrogen) atoms. The van der Waals surface area contributed by atoms with E-state index in [1.807, 2.05) is 60.1 Å². The summed E-state index contributed by atoms with van der Waals surface area (Å²) in [5.74, 6) is 1.70. The van der Waals surface area contributed by atoms with E-state index in [2.05, 4.69) is 10.3 Å². The first-order valence-electron chi connectivity index (χ1n) is 10.0. The molecule has 0 fully saturated rings. The van der Waals surface area contributed by atoms with Gasteiger partial charge in [-0.05, 0) is 54.4 Å². The molecule has 1 amide bonds. The van der Waals surface area contributed by atoms with Gasteiger partial charge in [-0.2, -0.15) is 0 Å². The Morgan fingerprint density at radius 2 is 1.94 bits per heavy atom. The molecule has 0 aliphatic heterocycles. The lowest BCUT2D eigenvalue weighted by Gasteiger charge is -2.19. The van der Waals surface area contributed by atoms with Crippen LogP contribution in [0.2, 0.25) is 0 Å². The average molecular weight is 419 g/mol. The van der Waals surface area contributed by atoms with Gasteiger partial charge in [0.05, 0.1) is 32.7 Å². The van der Waals surface area contributed by atoms with E-state index in [-0.39, 0.29) is 18.2 Å². The predicted molar refractivity (Wildman–Crippen MR) is 116 cm³/mol. The van der Waals surface area contributed by atoms with E-state index in [1.54, 1.807) is 26.5 Å². The number of aryl methyl sites for hydroxylation is 1. The Labute approximate surface area is 180 Å². The van der Waals surface area contributed by atoms with E-state index < -0.39 is 0 Å². The Morgan fingerprint density at radius 3 is 2.61 bits per heavy atom. The van der Waals surface area contributed by atoms with Crippen LogP contribution in [0.25, 0.3) is 5.65 Å². The minimum Gasteiger partial charge on any atom is -0.497 e. The molecule has 1 N–H and O–H groups in total. The van der Waals surface area contributed by atoms with Crippen molar-refractivity contribution < 1.29 is 18.7 Å². The fourth-order valence-corrected chi connectivity index (χ4v) is 3.64. The van der Waals surface area contributed by atoms with Crippen molar-refractivity contribution in [3.63, 3.8) is 0 Å². The van der Waals surface area contributed by atoms with Crippen LogP contribution in [0.15, 0.2) is 65.5 Å². The molecule has 0 saturated carbocycles. The molecule has 0 bridgehead atoms. The topological polar surface area (TPSA) is 78.0 Å². The van der Waals surface area contributed by atoms with Gasteiger partial charge in [-0.25, -0.2) is 4.98 Å². The molecule has 4 aromatic rings. The standard InChI is InChI=1S/C24H25N3O4/c1-16-6-7-27-22(15-25-23(27)9-16)21(13-24(28)26-14-18-5-4-8-31-18)17-10-19(29-2)12-20(11-17)30-3/h4-12,15,21H,13-14H2,1-3H3,(H,26,28)/t21-/m1/s1. The van der Waals surface area contributed by atoms with E-state index in [0.717, 1.165) is 22.5 Å². The molecule has 7 nitrogen and oxygen atoms in total. The number of aromatic nitrogens is 2. The summed E-state index contributed by atoms with van der Waals surface area (Å²) in [7, 11) is 3.22. The van der Waals surface area contributed by atoms with Crippen LogP contribution >= 0.6 is 0 Å². The third kappa shape index (κ3) is 4.55. The molecule has 0 radical (unpaired) electrons. The number of ether oxygens (including phenoxy) is 2. The fraction of sp³-hybridized carbons (Fsp3) is 0.250. The van der Waals surface area contributed by atoms with Gasteiger partial charge >= 0.3 is 0 Å². The molecule has 4 rings (SSSR count). The number of furan rings is 1. The van der Waals surface area contributed by atoms with Gasteiger partial charge in [0.1, 0.15) is 22.9 Å². The van der Waals surface area contributed by atoms with E-state index >= 15 is 0 Å². The lowest BCUT2D eigenvalue weighted by atomic mass is 9.91. The number of amides is 1. The Bertz CT molecular complexity index is 1160. The molecular formula is C24H25N3O4. The van der Waals surface area contributed by atoms with Gasteiger partial charge in [0.2, 0.25) is 5.91 Å². The number of methoxy groups -OCH3 is 2. The van der Waals surface area contributed by atoms with Crippen molar-refractivity contribution in [2.75, 3.05) is 14.2 Å². The number of rotatable bonds is 8. The molecule has 1 atom stereocenters. The number of fused-ring (bicyclic) bond motifs is 1. The highest BCUT2D eigenvalue weighted by atomic mass is 16.5. The molecule has 0 saturated heterocycles. The highest BCUT2D eigenvalue weighted by Crippen LogP contribution is 2.34. The van der Waals surface area contributed by atoms with Gasteiger partial charge < -0.3 is 23.6 Å². The Morgan fingerprint density at radius 1 is 1.16 bits per heavy atom. The first kappa shape index (κ1) is 20.5. The zero-order valence-electron chi connectivity index (χ0n) is 17.8. The van der Waals surface area contributed by atoms with Crippen LogP contribution in [-0.2, 0) is 11.3 Å². The maximum atomic E-state index is 12.9. The van der Waals surface area contributed by atoms with Crippen LogP contribution in [0.1, 0.15) is 34.9 Å². The van der Waals surface area contributed by atoms with Crippen molar-refractivity contribution in [2.24, 2.45) is 0 Å². The average Bonchev–Trinajstić information content (AvgIpc) is 3.45.